The molecule has 0 radical (unpaired) electrons. The van der Waals surface area contributed by atoms with E-state index in [1.165, 1.54) is 17.7 Å². The molecule has 28 heavy (non-hydrogen) atoms. The number of carbonyl (C=O) groups excluding carboxylic acids is 1. The molecule has 2 N–H and O–H groups in total. The zero-order valence-electron chi connectivity index (χ0n) is 16.9. The fraction of sp³-hybridized carbons (Fsp3) is 0.476. The maximum atomic E-state index is 13.0. The molecule has 0 spiro atoms. The molecule has 0 aliphatic carbocycles. The number of carbonyl (C=O) groups is 1. The van der Waals surface area contributed by atoms with E-state index in [0.717, 1.165) is 13.1 Å². The summed E-state index contributed by atoms with van der Waals surface area (Å²) in [5, 5.41) is 5.30. The van der Waals surface area contributed by atoms with Crippen molar-refractivity contribution in [1.29, 1.82) is 0 Å². The molecule has 1 amide bonds. The van der Waals surface area contributed by atoms with Crippen molar-refractivity contribution in [3.05, 3.63) is 40.1 Å². The summed E-state index contributed by atoms with van der Waals surface area (Å²) >= 11 is 1.76. The largest absolute Gasteiger partial charge is 0.493 e. The van der Waals surface area contributed by atoms with Gasteiger partial charge in [-0.1, -0.05) is 6.07 Å². The second-order valence-corrected chi connectivity index (χ2v) is 8.01. The smallest absolute Gasteiger partial charge is 0.251 e. The van der Waals surface area contributed by atoms with Gasteiger partial charge in [-0.15, -0.1) is 11.3 Å². The first kappa shape index (κ1) is 20.5. The van der Waals surface area contributed by atoms with E-state index >= 15 is 0 Å². The Bertz CT molecular complexity index is 763. The van der Waals surface area contributed by atoms with Gasteiger partial charge in [-0.05, 0) is 30.5 Å². The van der Waals surface area contributed by atoms with Crippen LogP contribution >= 0.6 is 11.3 Å². The third-order valence-corrected chi connectivity index (χ3v) is 6.28. The summed E-state index contributed by atoms with van der Waals surface area (Å²) in [6.45, 7) is 4.38. The molecule has 2 heterocycles. The zero-order valence-corrected chi connectivity index (χ0v) is 17.7. The highest BCUT2D eigenvalue weighted by molar-refractivity contribution is 7.10. The van der Waals surface area contributed by atoms with Crippen molar-refractivity contribution >= 4 is 17.2 Å². The fourth-order valence-electron chi connectivity index (χ4n) is 4.00. The van der Waals surface area contributed by atoms with Crippen LogP contribution < -0.4 is 24.4 Å². The quantitative estimate of drug-likeness (QED) is 0.708. The van der Waals surface area contributed by atoms with E-state index in [2.05, 4.69) is 29.8 Å². The molecule has 1 saturated heterocycles. The van der Waals surface area contributed by atoms with Crippen molar-refractivity contribution in [2.45, 2.75) is 31.8 Å². The third-order valence-electron chi connectivity index (χ3n) is 5.32. The van der Waals surface area contributed by atoms with Gasteiger partial charge in [0.1, 0.15) is 6.04 Å². The minimum atomic E-state index is -0.146. The van der Waals surface area contributed by atoms with E-state index in [1.54, 1.807) is 49.7 Å². The normalized spacial score (nSPS) is 16.4. The van der Waals surface area contributed by atoms with E-state index in [1.807, 2.05) is 0 Å². The van der Waals surface area contributed by atoms with E-state index in [4.69, 9.17) is 14.2 Å². The molecule has 0 saturated carbocycles. The van der Waals surface area contributed by atoms with Crippen molar-refractivity contribution in [3.63, 3.8) is 0 Å². The molecule has 1 fully saturated rings. The van der Waals surface area contributed by atoms with Gasteiger partial charge in [0.25, 0.3) is 5.91 Å². The summed E-state index contributed by atoms with van der Waals surface area (Å²) in [5.41, 5.74) is 0.489. The van der Waals surface area contributed by atoms with Crippen LogP contribution in [0, 0.1) is 0 Å². The number of thiophene rings is 1. The number of methoxy groups -OCH3 is 3. The second-order valence-electron chi connectivity index (χ2n) is 7.03. The number of nitrogens with one attached hydrogen (secondary N) is 2. The van der Waals surface area contributed by atoms with E-state index in [0.29, 0.717) is 22.8 Å². The lowest BCUT2D eigenvalue weighted by atomic mass is 10.1. The van der Waals surface area contributed by atoms with Crippen molar-refractivity contribution < 1.29 is 23.9 Å². The van der Waals surface area contributed by atoms with Crippen LogP contribution in [0.4, 0.5) is 0 Å². The highest BCUT2D eigenvalue weighted by Crippen LogP contribution is 2.38. The molecular weight excluding hydrogens is 376 g/mol. The molecule has 152 valence electrons. The minimum Gasteiger partial charge on any atom is -0.493 e. The molecule has 1 aliphatic rings. The second kappa shape index (κ2) is 9.30. The molecule has 2 aromatic rings. The van der Waals surface area contributed by atoms with Crippen molar-refractivity contribution in [2.24, 2.45) is 0 Å². The SMILES string of the molecule is COc1cc(C(=O)N[C@@H](C)[C@H](c2cccs2)[NH+]2CCCC2)cc(OC)c1OC. The van der Waals surface area contributed by atoms with Gasteiger partial charge in [-0.2, -0.15) is 0 Å². The van der Waals surface area contributed by atoms with E-state index in [9.17, 15) is 4.79 Å². The molecule has 1 aromatic carbocycles. The Morgan fingerprint density at radius 2 is 1.75 bits per heavy atom. The zero-order chi connectivity index (χ0) is 20.1. The van der Waals surface area contributed by atoms with Gasteiger partial charge in [-0.25, -0.2) is 0 Å². The van der Waals surface area contributed by atoms with Gasteiger partial charge in [-0.3, -0.25) is 4.79 Å². The number of ether oxygens (including phenoxy) is 3. The summed E-state index contributed by atoms with van der Waals surface area (Å²) in [6.07, 6.45) is 2.48. The Hall–Kier alpha value is -2.25. The van der Waals surface area contributed by atoms with E-state index in [-0.39, 0.29) is 18.0 Å². The van der Waals surface area contributed by atoms with Crippen LogP contribution in [-0.2, 0) is 0 Å². The molecule has 3 rings (SSSR count). The molecule has 6 nitrogen and oxygen atoms in total. The molecule has 1 aliphatic heterocycles. The van der Waals surface area contributed by atoms with Crippen LogP contribution in [0.25, 0.3) is 0 Å². The molecule has 0 unspecified atom stereocenters. The lowest BCUT2D eigenvalue weighted by molar-refractivity contribution is -0.920. The Morgan fingerprint density at radius 3 is 2.25 bits per heavy atom. The predicted octanol–water partition coefficient (Wildman–Crippen LogP) is 2.31. The van der Waals surface area contributed by atoms with Crippen molar-refractivity contribution in [3.8, 4) is 17.2 Å². The monoisotopic (exact) mass is 405 g/mol. The molecule has 2 atom stereocenters. The first-order chi connectivity index (χ1) is 13.6. The van der Waals surface area contributed by atoms with Crippen LogP contribution in [0.15, 0.2) is 29.6 Å². The van der Waals surface area contributed by atoms with Crippen molar-refractivity contribution in [2.75, 3.05) is 34.4 Å². The average Bonchev–Trinajstić information content (AvgIpc) is 3.41. The molecular formula is C21H29N2O4S+. The van der Waals surface area contributed by atoms with Gasteiger partial charge >= 0.3 is 0 Å². The fourth-order valence-corrected chi connectivity index (χ4v) is 4.98. The van der Waals surface area contributed by atoms with Gasteiger partial charge in [0.05, 0.1) is 45.3 Å². The highest BCUT2D eigenvalue weighted by Gasteiger charge is 2.34. The third kappa shape index (κ3) is 4.25. The Labute approximate surface area is 170 Å². The summed E-state index contributed by atoms with van der Waals surface area (Å²) in [7, 11) is 4.64. The number of likely N-dealkylation sites (tertiary alicyclic amines) is 1. The summed E-state index contributed by atoms with van der Waals surface area (Å²) in [6, 6.07) is 7.88. The van der Waals surface area contributed by atoms with Crippen LogP contribution in [0.2, 0.25) is 0 Å². The van der Waals surface area contributed by atoms with Crippen LogP contribution in [0.5, 0.6) is 17.2 Å². The van der Waals surface area contributed by atoms with Gasteiger partial charge in [0, 0.05) is 18.4 Å². The number of hydrogen-bond donors (Lipinski definition) is 2. The number of benzene rings is 1. The maximum Gasteiger partial charge on any atom is 0.251 e. The standard InChI is InChI=1S/C21H28N2O4S/c1-14(19(18-8-7-11-28-18)23-9-5-6-10-23)22-21(24)15-12-16(25-2)20(27-4)17(13-15)26-3/h7-8,11-14,19H,5-6,9-10H2,1-4H3,(H,22,24)/p+1/t14-,19+/m0/s1. The lowest BCUT2D eigenvalue weighted by Gasteiger charge is -2.29. The first-order valence-corrected chi connectivity index (χ1v) is 10.5. The Morgan fingerprint density at radius 1 is 1.11 bits per heavy atom. The van der Waals surface area contributed by atoms with Gasteiger partial charge in [0.15, 0.2) is 11.5 Å². The topological polar surface area (TPSA) is 61.2 Å². The number of quaternary nitrogens is 1. The number of rotatable bonds is 8. The maximum absolute atomic E-state index is 13.0. The minimum absolute atomic E-state index is 0.00154. The number of hydrogen-bond acceptors (Lipinski definition) is 5. The van der Waals surface area contributed by atoms with E-state index < -0.39 is 0 Å². The molecule has 0 bridgehead atoms. The van der Waals surface area contributed by atoms with Crippen LogP contribution in [0.1, 0.15) is 41.0 Å². The number of amides is 1. The summed E-state index contributed by atoms with van der Waals surface area (Å²) in [4.78, 5) is 15.9. The van der Waals surface area contributed by atoms with Crippen molar-refractivity contribution in [1.82, 2.24) is 5.32 Å². The molecule has 1 aromatic heterocycles. The highest BCUT2D eigenvalue weighted by atomic mass is 32.1. The average molecular weight is 406 g/mol. The predicted molar refractivity (Wildman–Crippen MR) is 110 cm³/mol. The van der Waals surface area contributed by atoms with Crippen LogP contribution in [0.3, 0.4) is 0 Å². The Kier molecular flexibility index (Phi) is 6.80. The first-order valence-electron chi connectivity index (χ1n) is 9.57. The van der Waals surface area contributed by atoms with Crippen LogP contribution in [-0.4, -0.2) is 46.4 Å². The van der Waals surface area contributed by atoms with Gasteiger partial charge < -0.3 is 24.4 Å². The summed E-state index contributed by atoms with van der Waals surface area (Å²) < 4.78 is 16.1. The Balaban J connectivity index is 1.82. The molecule has 7 heteroatoms. The van der Waals surface area contributed by atoms with Gasteiger partial charge in [0.2, 0.25) is 5.75 Å². The summed E-state index contributed by atoms with van der Waals surface area (Å²) in [5.74, 6) is 1.28. The lowest BCUT2D eigenvalue weighted by Crippen LogP contribution is -3.11.